The number of fused-ring (bicyclic) bond motifs is 1. The largest absolute Gasteiger partial charge is 0.457 e. The molecule has 2 aromatic heterocycles. The van der Waals surface area contributed by atoms with Crippen molar-refractivity contribution in [2.75, 3.05) is 6.54 Å². The van der Waals surface area contributed by atoms with Crippen molar-refractivity contribution in [1.29, 1.82) is 0 Å². The quantitative estimate of drug-likeness (QED) is 0.850. The molecule has 0 fully saturated rings. The van der Waals surface area contributed by atoms with Gasteiger partial charge in [-0.3, -0.25) is 0 Å². The van der Waals surface area contributed by atoms with Crippen molar-refractivity contribution in [2.24, 2.45) is 0 Å². The van der Waals surface area contributed by atoms with E-state index >= 15 is 0 Å². The van der Waals surface area contributed by atoms with E-state index in [1.54, 1.807) is 6.26 Å². The van der Waals surface area contributed by atoms with Crippen molar-refractivity contribution in [2.45, 2.75) is 13.1 Å². The summed E-state index contributed by atoms with van der Waals surface area (Å²) in [5, 5.41) is 11.6. The number of nitrogens with zero attached hydrogens (tertiary/aromatic N) is 3. The zero-order valence-electron chi connectivity index (χ0n) is 7.90. The maximum Gasteiger partial charge on any atom is 0.179 e. The zero-order valence-corrected chi connectivity index (χ0v) is 9.49. The number of hydrogen-bond acceptors (Lipinski definition) is 4. The van der Waals surface area contributed by atoms with Crippen molar-refractivity contribution < 1.29 is 4.42 Å². The molecule has 6 heteroatoms. The molecular formula is C9H9BrN4O. The molecule has 3 rings (SSSR count). The van der Waals surface area contributed by atoms with Crippen molar-refractivity contribution in [3.05, 3.63) is 22.8 Å². The summed E-state index contributed by atoms with van der Waals surface area (Å²) in [6.45, 7) is 2.63. The number of rotatable bonds is 1. The lowest BCUT2D eigenvalue weighted by atomic mass is 10.3. The normalized spacial score (nSPS) is 15.3. The van der Waals surface area contributed by atoms with Gasteiger partial charge >= 0.3 is 0 Å². The Morgan fingerprint density at radius 1 is 1.47 bits per heavy atom. The van der Waals surface area contributed by atoms with Gasteiger partial charge < -0.3 is 14.3 Å². The second-order valence-corrected chi connectivity index (χ2v) is 4.10. The van der Waals surface area contributed by atoms with Crippen LogP contribution in [0.4, 0.5) is 0 Å². The minimum atomic E-state index is 0.705. The molecule has 1 aliphatic rings. The highest BCUT2D eigenvalue weighted by Crippen LogP contribution is 2.28. The van der Waals surface area contributed by atoms with E-state index in [2.05, 4.69) is 36.0 Å². The third-order valence-electron chi connectivity index (χ3n) is 2.48. The lowest BCUT2D eigenvalue weighted by Crippen LogP contribution is -2.28. The summed E-state index contributed by atoms with van der Waals surface area (Å²) in [4.78, 5) is 0. The van der Waals surface area contributed by atoms with Crippen LogP contribution in [0.5, 0.6) is 0 Å². The van der Waals surface area contributed by atoms with Crippen LogP contribution in [0.3, 0.4) is 0 Å². The Balaban J connectivity index is 2.13. The number of furan rings is 1. The van der Waals surface area contributed by atoms with Crippen LogP contribution >= 0.6 is 15.9 Å². The summed E-state index contributed by atoms with van der Waals surface area (Å²) < 4.78 is 8.02. The van der Waals surface area contributed by atoms with Crippen LogP contribution in [0.2, 0.25) is 0 Å². The van der Waals surface area contributed by atoms with E-state index in [1.165, 1.54) is 0 Å². The van der Waals surface area contributed by atoms with Gasteiger partial charge in [-0.1, -0.05) is 0 Å². The van der Waals surface area contributed by atoms with E-state index < -0.39 is 0 Å². The van der Waals surface area contributed by atoms with Crippen molar-refractivity contribution >= 4 is 15.9 Å². The van der Waals surface area contributed by atoms with Gasteiger partial charge in [-0.2, -0.15) is 0 Å². The Morgan fingerprint density at radius 3 is 3.20 bits per heavy atom. The van der Waals surface area contributed by atoms with Crippen LogP contribution in [0.1, 0.15) is 5.82 Å². The van der Waals surface area contributed by atoms with Crippen LogP contribution in [0.15, 0.2) is 21.4 Å². The fraction of sp³-hybridized carbons (Fsp3) is 0.333. The smallest absolute Gasteiger partial charge is 0.179 e. The summed E-state index contributed by atoms with van der Waals surface area (Å²) in [6.07, 6.45) is 1.64. The predicted octanol–water partition coefficient (Wildman–Crippen LogP) is 1.40. The van der Waals surface area contributed by atoms with Gasteiger partial charge in [0.1, 0.15) is 5.82 Å². The minimum absolute atomic E-state index is 0.705. The van der Waals surface area contributed by atoms with Crippen LogP contribution in [0.25, 0.3) is 11.4 Å². The molecule has 15 heavy (non-hydrogen) atoms. The Kier molecular flexibility index (Phi) is 2.10. The fourth-order valence-electron chi connectivity index (χ4n) is 1.74. The Morgan fingerprint density at radius 2 is 2.40 bits per heavy atom. The van der Waals surface area contributed by atoms with E-state index in [9.17, 15) is 0 Å². The molecule has 5 nitrogen and oxygen atoms in total. The van der Waals surface area contributed by atoms with Crippen LogP contribution in [-0.2, 0) is 13.1 Å². The molecule has 0 radical (unpaired) electrons. The minimum Gasteiger partial charge on any atom is -0.457 e. The molecule has 0 amide bonds. The number of halogens is 1. The Hall–Kier alpha value is -1.14. The average molecular weight is 269 g/mol. The van der Waals surface area contributed by atoms with Crippen LogP contribution in [0, 0.1) is 0 Å². The summed E-state index contributed by atoms with van der Waals surface area (Å²) >= 11 is 3.35. The molecule has 0 bridgehead atoms. The predicted molar refractivity (Wildman–Crippen MR) is 57.1 cm³/mol. The van der Waals surface area contributed by atoms with Crippen molar-refractivity contribution in [1.82, 2.24) is 20.1 Å². The SMILES string of the molecule is Brc1occc1-c1nnc2n1CCNC2. The summed E-state index contributed by atoms with van der Waals surface area (Å²) in [5.41, 5.74) is 0.954. The zero-order chi connectivity index (χ0) is 10.3. The molecule has 0 unspecified atom stereocenters. The van der Waals surface area contributed by atoms with Gasteiger partial charge in [0.15, 0.2) is 10.5 Å². The molecule has 1 aliphatic heterocycles. The number of aromatic nitrogens is 3. The molecule has 2 aromatic rings. The first-order chi connectivity index (χ1) is 7.36. The third-order valence-corrected chi connectivity index (χ3v) is 3.10. The van der Waals surface area contributed by atoms with E-state index in [0.29, 0.717) is 4.67 Å². The van der Waals surface area contributed by atoms with E-state index in [4.69, 9.17) is 4.42 Å². The number of nitrogens with one attached hydrogen (secondary N) is 1. The standard InChI is InChI=1S/C9H9BrN4O/c10-8-6(1-4-15-8)9-13-12-7-5-11-2-3-14(7)9/h1,4,11H,2-3,5H2. The molecule has 0 atom stereocenters. The summed E-state index contributed by atoms with van der Waals surface area (Å²) in [7, 11) is 0. The highest BCUT2D eigenvalue weighted by molar-refractivity contribution is 9.10. The number of hydrogen-bond donors (Lipinski definition) is 1. The van der Waals surface area contributed by atoms with E-state index in [1.807, 2.05) is 6.07 Å². The molecule has 0 saturated carbocycles. The summed E-state index contributed by atoms with van der Waals surface area (Å²) in [5.74, 6) is 1.84. The summed E-state index contributed by atoms with van der Waals surface area (Å²) in [6, 6.07) is 1.89. The van der Waals surface area contributed by atoms with E-state index in [0.717, 1.165) is 36.8 Å². The fourth-order valence-corrected chi connectivity index (χ4v) is 2.16. The first kappa shape index (κ1) is 9.11. The second-order valence-electron chi connectivity index (χ2n) is 3.38. The molecular weight excluding hydrogens is 260 g/mol. The third kappa shape index (κ3) is 1.40. The Bertz CT molecular complexity index is 490. The van der Waals surface area contributed by atoms with Gasteiger partial charge in [-0.25, -0.2) is 0 Å². The topological polar surface area (TPSA) is 55.9 Å². The molecule has 3 heterocycles. The lowest BCUT2D eigenvalue weighted by molar-refractivity contribution is 0.507. The van der Waals surface area contributed by atoms with Crippen molar-refractivity contribution in [3.8, 4) is 11.4 Å². The lowest BCUT2D eigenvalue weighted by Gasteiger charge is -2.15. The molecule has 78 valence electrons. The monoisotopic (exact) mass is 268 g/mol. The average Bonchev–Trinajstić information content (AvgIpc) is 2.83. The molecule has 0 spiro atoms. The maximum atomic E-state index is 5.20. The van der Waals surface area contributed by atoms with Gasteiger partial charge in [-0.15, -0.1) is 10.2 Å². The van der Waals surface area contributed by atoms with Gasteiger partial charge in [0.2, 0.25) is 0 Å². The highest BCUT2D eigenvalue weighted by atomic mass is 79.9. The van der Waals surface area contributed by atoms with Gasteiger partial charge in [0.05, 0.1) is 18.4 Å². The van der Waals surface area contributed by atoms with Gasteiger partial charge in [-0.05, 0) is 22.0 Å². The van der Waals surface area contributed by atoms with Crippen LogP contribution in [-0.4, -0.2) is 21.3 Å². The highest BCUT2D eigenvalue weighted by Gasteiger charge is 2.19. The molecule has 0 aromatic carbocycles. The molecule has 0 aliphatic carbocycles. The first-order valence-electron chi connectivity index (χ1n) is 4.72. The molecule has 1 N–H and O–H groups in total. The van der Waals surface area contributed by atoms with Gasteiger partial charge in [0, 0.05) is 13.1 Å². The van der Waals surface area contributed by atoms with Crippen molar-refractivity contribution in [3.63, 3.8) is 0 Å². The Labute approximate surface area is 94.6 Å². The first-order valence-corrected chi connectivity index (χ1v) is 5.52. The second kappa shape index (κ2) is 3.46. The maximum absolute atomic E-state index is 5.20. The molecule has 0 saturated heterocycles. The van der Waals surface area contributed by atoms with Crippen LogP contribution < -0.4 is 5.32 Å². The van der Waals surface area contributed by atoms with Gasteiger partial charge in [0.25, 0.3) is 0 Å². The van der Waals surface area contributed by atoms with E-state index in [-0.39, 0.29) is 0 Å².